The van der Waals surface area contributed by atoms with Gasteiger partial charge in [0.15, 0.2) is 0 Å². The van der Waals surface area contributed by atoms with Crippen LogP contribution in [0.2, 0.25) is 0 Å². The molecule has 0 bridgehead atoms. The van der Waals surface area contributed by atoms with Crippen molar-refractivity contribution in [3.8, 4) is 0 Å². The maximum atomic E-state index is 8.45. The van der Waals surface area contributed by atoms with Crippen molar-refractivity contribution in [1.82, 2.24) is 0 Å². The Labute approximate surface area is 64.9 Å². The molecule has 0 saturated carbocycles. The van der Waals surface area contributed by atoms with Gasteiger partial charge in [0.1, 0.15) is 0 Å². The fourth-order valence-corrected chi connectivity index (χ4v) is 0.884. The second kappa shape index (κ2) is 6.30. The van der Waals surface area contributed by atoms with Gasteiger partial charge in [-0.05, 0) is 19.8 Å². The molecule has 0 aromatic heterocycles. The van der Waals surface area contributed by atoms with E-state index in [0.717, 1.165) is 18.2 Å². The zero-order chi connectivity index (χ0) is 7.11. The molecule has 0 aliphatic rings. The van der Waals surface area contributed by atoms with Gasteiger partial charge in [0.25, 0.3) is 0 Å². The summed E-state index contributed by atoms with van der Waals surface area (Å²) in [5.74, 6) is 0. The van der Waals surface area contributed by atoms with Gasteiger partial charge in [-0.2, -0.15) is 0 Å². The smallest absolute Gasteiger partial charge is 0.0614 e. The lowest BCUT2D eigenvalue weighted by Gasteiger charge is -1.95. The molecule has 0 spiro atoms. The molecule has 9 heavy (non-hydrogen) atoms. The standard InChI is InChI=1S/C7H13BrO/c1-7(4-6-9)3-2-5-8/h4,9H,2-3,5-6H2,1H3. The lowest BCUT2D eigenvalue weighted by molar-refractivity contribution is 0.341. The van der Waals surface area contributed by atoms with Crippen LogP contribution >= 0.6 is 15.9 Å². The third-order valence-corrected chi connectivity index (χ3v) is 1.71. The van der Waals surface area contributed by atoms with Gasteiger partial charge in [-0.1, -0.05) is 27.6 Å². The van der Waals surface area contributed by atoms with E-state index in [1.165, 1.54) is 5.57 Å². The number of allylic oxidation sites excluding steroid dienone is 1. The lowest BCUT2D eigenvalue weighted by atomic mass is 10.2. The number of aliphatic hydroxyl groups is 1. The van der Waals surface area contributed by atoms with E-state index < -0.39 is 0 Å². The van der Waals surface area contributed by atoms with Gasteiger partial charge in [0.05, 0.1) is 6.61 Å². The SMILES string of the molecule is CC(=CCO)CCCBr. The highest BCUT2D eigenvalue weighted by Crippen LogP contribution is 2.04. The normalized spacial score (nSPS) is 12.1. The molecule has 1 nitrogen and oxygen atoms in total. The second-order valence-electron chi connectivity index (χ2n) is 2.03. The summed E-state index contributed by atoms with van der Waals surface area (Å²) in [5, 5.41) is 9.49. The molecule has 0 aromatic carbocycles. The van der Waals surface area contributed by atoms with Crippen LogP contribution in [0, 0.1) is 0 Å². The Hall–Kier alpha value is 0.180. The average Bonchev–Trinajstić information content (AvgIpc) is 1.85. The summed E-state index contributed by atoms with van der Waals surface area (Å²) in [4.78, 5) is 0. The molecule has 0 aliphatic heterocycles. The van der Waals surface area contributed by atoms with E-state index in [1.807, 2.05) is 13.0 Å². The van der Waals surface area contributed by atoms with E-state index in [9.17, 15) is 0 Å². The zero-order valence-electron chi connectivity index (χ0n) is 5.73. The third kappa shape index (κ3) is 6.06. The minimum Gasteiger partial charge on any atom is -0.392 e. The first-order chi connectivity index (χ1) is 4.31. The highest BCUT2D eigenvalue weighted by Gasteiger charge is 1.86. The molecule has 54 valence electrons. The van der Waals surface area contributed by atoms with Crippen LogP contribution in [0.15, 0.2) is 11.6 Å². The van der Waals surface area contributed by atoms with Crippen LogP contribution in [0.4, 0.5) is 0 Å². The molecular formula is C7H13BrO. The highest BCUT2D eigenvalue weighted by atomic mass is 79.9. The molecule has 0 fully saturated rings. The predicted octanol–water partition coefficient (Wildman–Crippen LogP) is 2.10. The van der Waals surface area contributed by atoms with Gasteiger partial charge in [-0.25, -0.2) is 0 Å². The van der Waals surface area contributed by atoms with Gasteiger partial charge >= 0.3 is 0 Å². The molecule has 1 N–H and O–H groups in total. The number of hydrogen-bond acceptors (Lipinski definition) is 1. The van der Waals surface area contributed by atoms with Gasteiger partial charge in [-0.15, -0.1) is 0 Å². The van der Waals surface area contributed by atoms with Crippen molar-refractivity contribution in [1.29, 1.82) is 0 Å². The van der Waals surface area contributed by atoms with Gasteiger partial charge in [-0.3, -0.25) is 0 Å². The fourth-order valence-electron chi connectivity index (χ4n) is 0.604. The Kier molecular flexibility index (Phi) is 6.43. The van der Waals surface area contributed by atoms with Crippen LogP contribution in [-0.4, -0.2) is 17.0 Å². The van der Waals surface area contributed by atoms with E-state index in [2.05, 4.69) is 15.9 Å². The van der Waals surface area contributed by atoms with Crippen LogP contribution in [0.25, 0.3) is 0 Å². The van der Waals surface area contributed by atoms with Crippen LogP contribution in [0.5, 0.6) is 0 Å². The summed E-state index contributed by atoms with van der Waals surface area (Å²) >= 11 is 3.34. The third-order valence-electron chi connectivity index (χ3n) is 1.14. The summed E-state index contributed by atoms with van der Waals surface area (Å²) in [6.45, 7) is 2.22. The summed E-state index contributed by atoms with van der Waals surface area (Å²) in [7, 11) is 0. The topological polar surface area (TPSA) is 20.2 Å². The van der Waals surface area contributed by atoms with Crippen LogP contribution < -0.4 is 0 Å². The first kappa shape index (κ1) is 9.18. The summed E-state index contributed by atoms with van der Waals surface area (Å²) < 4.78 is 0. The van der Waals surface area contributed by atoms with Gasteiger partial charge in [0, 0.05) is 5.33 Å². The zero-order valence-corrected chi connectivity index (χ0v) is 7.32. The van der Waals surface area contributed by atoms with E-state index in [1.54, 1.807) is 0 Å². The molecule has 0 rings (SSSR count). The largest absolute Gasteiger partial charge is 0.392 e. The van der Waals surface area contributed by atoms with Gasteiger partial charge in [0.2, 0.25) is 0 Å². The van der Waals surface area contributed by atoms with E-state index in [4.69, 9.17) is 5.11 Å². The van der Waals surface area contributed by atoms with Crippen LogP contribution in [0.1, 0.15) is 19.8 Å². The molecule has 0 heterocycles. The highest BCUT2D eigenvalue weighted by molar-refractivity contribution is 9.09. The number of rotatable bonds is 4. The van der Waals surface area contributed by atoms with Crippen molar-refractivity contribution >= 4 is 15.9 Å². The fraction of sp³-hybridized carbons (Fsp3) is 0.714. The molecular weight excluding hydrogens is 180 g/mol. The summed E-state index contributed by atoms with van der Waals surface area (Å²) in [6, 6.07) is 0. The monoisotopic (exact) mass is 192 g/mol. The molecule has 0 unspecified atom stereocenters. The maximum absolute atomic E-state index is 8.45. The second-order valence-corrected chi connectivity index (χ2v) is 2.82. The van der Waals surface area contributed by atoms with Crippen molar-refractivity contribution in [3.05, 3.63) is 11.6 Å². The lowest BCUT2D eigenvalue weighted by Crippen LogP contribution is -1.81. The quantitative estimate of drug-likeness (QED) is 0.535. The summed E-state index contributed by atoms with van der Waals surface area (Å²) in [5.41, 5.74) is 1.27. The number of aliphatic hydroxyl groups excluding tert-OH is 1. The molecule has 0 atom stereocenters. The van der Waals surface area contributed by atoms with Crippen molar-refractivity contribution in [2.75, 3.05) is 11.9 Å². The minimum atomic E-state index is 0.175. The molecule has 2 heteroatoms. The molecule has 0 aromatic rings. The Morgan fingerprint density at radius 3 is 2.78 bits per heavy atom. The average molecular weight is 193 g/mol. The van der Waals surface area contributed by atoms with Crippen LogP contribution in [0.3, 0.4) is 0 Å². The number of halogens is 1. The van der Waals surface area contributed by atoms with Crippen LogP contribution in [-0.2, 0) is 0 Å². The predicted molar refractivity (Wildman–Crippen MR) is 43.9 cm³/mol. The maximum Gasteiger partial charge on any atom is 0.0614 e. The Morgan fingerprint density at radius 1 is 1.67 bits per heavy atom. The Bertz CT molecular complexity index is 88.9. The first-order valence-electron chi connectivity index (χ1n) is 3.13. The molecule has 0 amide bonds. The van der Waals surface area contributed by atoms with E-state index in [-0.39, 0.29) is 6.61 Å². The molecule has 0 aliphatic carbocycles. The Balaban J connectivity index is 3.25. The van der Waals surface area contributed by atoms with Crippen molar-refractivity contribution < 1.29 is 5.11 Å². The van der Waals surface area contributed by atoms with Crippen molar-refractivity contribution in [2.45, 2.75) is 19.8 Å². The molecule has 0 saturated heterocycles. The molecule has 0 radical (unpaired) electrons. The Morgan fingerprint density at radius 2 is 2.33 bits per heavy atom. The van der Waals surface area contributed by atoms with Crippen molar-refractivity contribution in [3.63, 3.8) is 0 Å². The van der Waals surface area contributed by atoms with E-state index >= 15 is 0 Å². The number of hydrogen-bond donors (Lipinski definition) is 1. The number of alkyl halides is 1. The first-order valence-corrected chi connectivity index (χ1v) is 4.26. The summed E-state index contributed by atoms with van der Waals surface area (Å²) in [6.07, 6.45) is 4.09. The van der Waals surface area contributed by atoms with Crippen molar-refractivity contribution in [2.24, 2.45) is 0 Å². The van der Waals surface area contributed by atoms with E-state index in [0.29, 0.717) is 0 Å². The van der Waals surface area contributed by atoms with Gasteiger partial charge < -0.3 is 5.11 Å². The minimum absolute atomic E-state index is 0.175.